The summed E-state index contributed by atoms with van der Waals surface area (Å²) in [6, 6.07) is 189. The van der Waals surface area contributed by atoms with Gasteiger partial charge in [-0.15, -0.1) is 68.0 Å². The first-order valence-electron chi connectivity index (χ1n) is 47.7. The lowest BCUT2D eigenvalue weighted by molar-refractivity contribution is 1.29. The number of hydrogen-bond donors (Lipinski definition) is 0. The Balaban J connectivity index is 0.000000109. The van der Waals surface area contributed by atoms with Crippen LogP contribution in [0.2, 0.25) is 0 Å². The minimum absolute atomic E-state index is 1.14. The number of nitrogens with zero attached hydrogens (tertiary/aromatic N) is 6. The molecule has 672 valence electrons. The van der Waals surface area contributed by atoms with Crippen molar-refractivity contribution in [2.24, 2.45) is 0 Å². The van der Waals surface area contributed by atoms with Crippen molar-refractivity contribution >= 4 is 302 Å². The molecule has 0 unspecified atom stereocenters. The van der Waals surface area contributed by atoms with E-state index in [2.05, 4.69) is 551 Å². The summed E-state index contributed by atoms with van der Waals surface area (Å²) in [4.78, 5) is 14.2. The smallest absolute Gasteiger partial charge is 0.0640 e. The number of anilines is 18. The molecule has 0 aliphatic rings. The lowest BCUT2D eigenvalue weighted by Crippen LogP contribution is -2.10. The molecule has 142 heavy (non-hydrogen) atoms. The van der Waals surface area contributed by atoms with Crippen molar-refractivity contribution in [3.63, 3.8) is 0 Å². The zero-order chi connectivity index (χ0) is 93.9. The Morgan fingerprint density at radius 3 is 0.648 bits per heavy atom. The van der Waals surface area contributed by atoms with Gasteiger partial charge in [-0.2, -0.15) is 0 Å². The molecule has 28 rings (SSSR count). The Bertz CT molecular complexity index is 9420. The standard InChI is InChI=1S/C46H30N2S2.2C42H28N2S2/c1-3-14-32(15-4-1)47(33-16-5-2-6-17-33)34-24-27-44-41(28-34)40-26-23-36(30-46(40)50-44)48(42-20-11-13-31-12-7-8-18-37(31)42)35-22-25-39-38-19-9-10-21-43(38)49-45(39)29-35;1-4-13-29(14-5-1)43(30-15-6-2-7-16-30)32-24-26-40-37(27-32)35-25-23-33(28-41(35)45-40)44(31-17-8-3-9-18-31)38-21-12-20-36-34-19-10-11-22-39(34)46-42(36)38;1-4-12-29(13-5-1)43(30-14-6-2-7-15-30)32-22-25-40-38(26-32)37-24-21-34(28-42(37)46-40)44(31-16-8-3-9-17-31)33-20-23-36-35-18-10-11-19-39(35)45-41(36)27-33/h1-30H;2*1-28H. The summed E-state index contributed by atoms with van der Waals surface area (Å²) < 4.78 is 15.5. The average molecular weight is 1920 g/mol. The van der Waals surface area contributed by atoms with Crippen LogP contribution in [0.4, 0.5) is 102 Å². The molecule has 0 fully saturated rings. The number of fused-ring (bicyclic) bond motifs is 19. The molecule has 6 nitrogen and oxygen atoms in total. The summed E-state index contributed by atoms with van der Waals surface area (Å²) >= 11 is 11.2. The van der Waals surface area contributed by atoms with Gasteiger partial charge in [0.05, 0.1) is 16.1 Å². The maximum Gasteiger partial charge on any atom is 0.0640 e. The fraction of sp³-hybridized carbons (Fsp3) is 0. The van der Waals surface area contributed by atoms with E-state index in [0.717, 1.165) is 91.0 Å². The summed E-state index contributed by atoms with van der Waals surface area (Å²) in [5, 5.41) is 18.0. The lowest BCUT2D eigenvalue weighted by atomic mass is 10.1. The van der Waals surface area contributed by atoms with Crippen LogP contribution in [-0.4, -0.2) is 0 Å². The fourth-order valence-corrected chi connectivity index (χ4v) is 27.2. The second kappa shape index (κ2) is 37.2. The fourth-order valence-electron chi connectivity index (χ4n) is 20.4. The van der Waals surface area contributed by atoms with Gasteiger partial charge in [0.1, 0.15) is 0 Å². The number of rotatable bonds is 18. The van der Waals surface area contributed by atoms with E-state index in [-0.39, 0.29) is 0 Å². The van der Waals surface area contributed by atoms with Gasteiger partial charge in [0, 0.05) is 213 Å². The zero-order valence-corrected chi connectivity index (χ0v) is 81.7. The summed E-state index contributed by atoms with van der Waals surface area (Å²) in [7, 11) is 0. The van der Waals surface area contributed by atoms with E-state index in [4.69, 9.17) is 0 Å². The number of thiophene rings is 6. The van der Waals surface area contributed by atoms with Crippen LogP contribution in [0.5, 0.6) is 0 Å². The van der Waals surface area contributed by atoms with Gasteiger partial charge in [-0.1, -0.05) is 279 Å². The third kappa shape index (κ3) is 16.0. The van der Waals surface area contributed by atoms with Crippen molar-refractivity contribution in [1.29, 1.82) is 0 Å². The van der Waals surface area contributed by atoms with Crippen LogP contribution in [0.3, 0.4) is 0 Å². The number of benzene rings is 22. The van der Waals surface area contributed by atoms with Crippen molar-refractivity contribution in [2.75, 3.05) is 29.4 Å². The molecule has 0 spiro atoms. The Kier molecular flexibility index (Phi) is 22.4. The van der Waals surface area contributed by atoms with Gasteiger partial charge < -0.3 is 29.4 Å². The highest BCUT2D eigenvalue weighted by molar-refractivity contribution is 7.28. The van der Waals surface area contributed by atoms with Crippen molar-refractivity contribution < 1.29 is 0 Å². The topological polar surface area (TPSA) is 19.4 Å². The van der Waals surface area contributed by atoms with Crippen molar-refractivity contribution in [3.8, 4) is 0 Å². The molecular weight excluding hydrogens is 1840 g/mol. The predicted molar refractivity (Wildman–Crippen MR) is 622 cm³/mol. The zero-order valence-electron chi connectivity index (χ0n) is 76.8. The predicted octanol–water partition coefficient (Wildman–Crippen LogP) is 41.2. The average Bonchev–Trinajstić information content (AvgIpc) is 1.55. The van der Waals surface area contributed by atoms with E-state index in [1.165, 1.54) is 143 Å². The highest BCUT2D eigenvalue weighted by atomic mass is 32.1. The maximum absolute atomic E-state index is 2.44. The lowest BCUT2D eigenvalue weighted by Gasteiger charge is -2.27. The third-order valence-corrected chi connectivity index (χ3v) is 33.7. The third-order valence-electron chi connectivity index (χ3n) is 26.9. The van der Waals surface area contributed by atoms with Crippen molar-refractivity contribution in [2.45, 2.75) is 0 Å². The van der Waals surface area contributed by atoms with Crippen LogP contribution in [-0.2, 0) is 0 Å². The SMILES string of the molecule is c1ccc(N(c2ccc3c(c2)sc2ccccc23)c2ccc3c(c2)sc2ccc(N(c4ccccc4)c4ccccc4)cc23)cc1.c1ccc(N(c2ccccc2)c2ccc3sc4cc(N(c5ccc6c(c5)sc5ccccc56)c5cccc6ccccc56)ccc4c3c2)cc1.c1ccc(N(c2ccccc2)c2ccc3sc4cc(N(c5ccccc5)c5cccc6c5sc5ccccc56)ccc4c3c2)cc1. The molecule has 0 bridgehead atoms. The van der Waals surface area contributed by atoms with Gasteiger partial charge in [0.25, 0.3) is 0 Å². The first-order valence-corrected chi connectivity index (χ1v) is 52.6. The Morgan fingerprint density at radius 1 is 0.106 bits per heavy atom. The Morgan fingerprint density at radius 2 is 0.310 bits per heavy atom. The molecule has 12 heteroatoms. The van der Waals surface area contributed by atoms with E-state index < -0.39 is 0 Å². The Labute approximate surface area is 846 Å². The summed E-state index contributed by atoms with van der Waals surface area (Å²) in [5.74, 6) is 0. The molecule has 0 saturated heterocycles. The molecular formula is C130H86N6S6. The van der Waals surface area contributed by atoms with Gasteiger partial charge in [0.2, 0.25) is 0 Å². The Hall–Kier alpha value is -16.8. The molecule has 28 aromatic rings. The van der Waals surface area contributed by atoms with E-state index in [1.54, 1.807) is 0 Å². The molecule has 0 aliphatic heterocycles. The summed E-state index contributed by atoms with van der Waals surface area (Å²) in [5.41, 5.74) is 20.7. The molecule has 0 N–H and O–H groups in total. The second-order valence-electron chi connectivity index (χ2n) is 35.4. The number of hydrogen-bond acceptors (Lipinski definition) is 12. The minimum Gasteiger partial charge on any atom is -0.310 e. The van der Waals surface area contributed by atoms with Gasteiger partial charge in [-0.05, 0) is 248 Å². The molecule has 0 saturated carbocycles. The molecule has 0 atom stereocenters. The molecule has 22 aromatic carbocycles. The quantitative estimate of drug-likeness (QED) is 0.0847. The summed E-state index contributed by atoms with van der Waals surface area (Å²) in [6.07, 6.45) is 0. The molecule has 0 aliphatic carbocycles. The molecule has 0 amide bonds. The maximum atomic E-state index is 2.44. The van der Waals surface area contributed by atoms with Crippen LogP contribution >= 0.6 is 68.0 Å². The molecule has 6 heterocycles. The first-order chi connectivity index (χ1) is 70.4. The van der Waals surface area contributed by atoms with E-state index in [0.29, 0.717) is 0 Å². The van der Waals surface area contributed by atoms with Crippen LogP contribution in [0.1, 0.15) is 0 Å². The highest BCUT2D eigenvalue weighted by Gasteiger charge is 2.26. The van der Waals surface area contributed by atoms with Crippen LogP contribution in [0, 0.1) is 0 Å². The van der Waals surface area contributed by atoms with Crippen LogP contribution in [0.15, 0.2) is 522 Å². The first kappa shape index (κ1) is 85.6. The van der Waals surface area contributed by atoms with Gasteiger partial charge in [-0.25, -0.2) is 0 Å². The van der Waals surface area contributed by atoms with Gasteiger partial charge >= 0.3 is 0 Å². The monoisotopic (exact) mass is 1920 g/mol. The van der Waals surface area contributed by atoms with Gasteiger partial charge in [-0.3, -0.25) is 0 Å². The van der Waals surface area contributed by atoms with Crippen molar-refractivity contribution in [3.05, 3.63) is 522 Å². The van der Waals surface area contributed by atoms with Crippen molar-refractivity contribution in [1.82, 2.24) is 0 Å². The van der Waals surface area contributed by atoms with E-state index >= 15 is 0 Å². The normalized spacial score (nSPS) is 11.5. The van der Waals surface area contributed by atoms with Crippen LogP contribution < -0.4 is 29.4 Å². The molecule has 6 aromatic heterocycles. The number of para-hydroxylation sites is 8. The highest BCUT2D eigenvalue weighted by Crippen LogP contribution is 2.53. The minimum atomic E-state index is 1.14. The van der Waals surface area contributed by atoms with E-state index in [9.17, 15) is 0 Å². The summed E-state index contributed by atoms with van der Waals surface area (Å²) in [6.45, 7) is 0. The second-order valence-corrected chi connectivity index (χ2v) is 41.9. The van der Waals surface area contributed by atoms with Crippen LogP contribution in [0.25, 0.3) is 132 Å². The van der Waals surface area contributed by atoms with Gasteiger partial charge in [0.15, 0.2) is 0 Å². The molecule has 0 radical (unpaired) electrons. The van der Waals surface area contributed by atoms with E-state index in [1.807, 2.05) is 68.0 Å². The largest absolute Gasteiger partial charge is 0.310 e.